The number of halogens is 3. The molecule has 0 saturated carbocycles. The number of pyridine rings is 1. The summed E-state index contributed by atoms with van der Waals surface area (Å²) in [5, 5.41) is 13.6. The van der Waals surface area contributed by atoms with Gasteiger partial charge in [-0.05, 0) is 38.1 Å². The highest BCUT2D eigenvalue weighted by Gasteiger charge is 2.30. The van der Waals surface area contributed by atoms with Crippen molar-refractivity contribution in [2.75, 3.05) is 13.1 Å². The van der Waals surface area contributed by atoms with Crippen LogP contribution in [0.4, 0.5) is 13.2 Å². The molecule has 1 fully saturated rings. The van der Waals surface area contributed by atoms with Gasteiger partial charge in [0.15, 0.2) is 11.5 Å². The summed E-state index contributed by atoms with van der Waals surface area (Å²) in [5.74, 6) is -0.212. The van der Waals surface area contributed by atoms with Crippen LogP contribution >= 0.6 is 0 Å². The van der Waals surface area contributed by atoms with E-state index in [1.165, 1.54) is 12.3 Å². The first-order valence-corrected chi connectivity index (χ1v) is 7.41. The summed E-state index contributed by atoms with van der Waals surface area (Å²) in [7, 11) is 0. The molecular weight excluding hydrogens is 325 g/mol. The monoisotopic (exact) mass is 340 g/mol. The maximum Gasteiger partial charge on any atom is 0.417 e. The molecule has 0 bridgehead atoms. The lowest BCUT2D eigenvalue weighted by Crippen LogP contribution is -2.42. The number of nitrogens with one attached hydrogen (secondary N) is 2. The van der Waals surface area contributed by atoms with Crippen molar-refractivity contribution in [2.45, 2.75) is 25.1 Å². The topological polar surface area (TPSA) is 84.7 Å². The van der Waals surface area contributed by atoms with Crippen molar-refractivity contribution in [2.24, 2.45) is 0 Å². The molecule has 3 rings (SSSR count). The molecule has 1 saturated heterocycles. The first-order chi connectivity index (χ1) is 11.4. The largest absolute Gasteiger partial charge is 0.417 e. The fourth-order valence-electron chi connectivity index (χ4n) is 2.39. The van der Waals surface area contributed by atoms with E-state index in [0.717, 1.165) is 36.7 Å². The fourth-order valence-corrected chi connectivity index (χ4v) is 2.39. The van der Waals surface area contributed by atoms with Crippen molar-refractivity contribution in [1.29, 1.82) is 0 Å². The number of hydrogen-bond acceptors (Lipinski definition) is 5. The van der Waals surface area contributed by atoms with Gasteiger partial charge in [-0.15, -0.1) is 5.10 Å². The number of aromatic nitrogens is 4. The predicted octanol–water partition coefficient (Wildman–Crippen LogP) is 1.16. The van der Waals surface area contributed by atoms with Crippen LogP contribution in [0.2, 0.25) is 0 Å². The Kier molecular flexibility index (Phi) is 4.47. The third-order valence-electron chi connectivity index (χ3n) is 3.71. The number of carbonyl (C=O) groups excluding carboxylic acids is 1. The third kappa shape index (κ3) is 3.70. The Morgan fingerprint density at radius 3 is 2.67 bits per heavy atom. The van der Waals surface area contributed by atoms with Gasteiger partial charge in [0.1, 0.15) is 0 Å². The standard InChI is InChI=1S/C14H15F3N6O/c15-14(16,17)9-1-2-12(19-7-9)23-8-11(21-22-23)13(24)20-10-3-5-18-6-4-10/h1-2,7-8,10,18H,3-6H2,(H,20,24). The molecule has 0 aromatic carbocycles. The Morgan fingerprint density at radius 1 is 1.29 bits per heavy atom. The Bertz CT molecular complexity index is 706. The summed E-state index contributed by atoms with van der Waals surface area (Å²) in [6.07, 6.45) is -0.730. The van der Waals surface area contributed by atoms with E-state index in [9.17, 15) is 18.0 Å². The molecule has 1 aliphatic rings. The number of rotatable bonds is 3. The van der Waals surface area contributed by atoms with Gasteiger partial charge in [-0.25, -0.2) is 9.67 Å². The number of carbonyl (C=O) groups is 1. The highest BCUT2D eigenvalue weighted by molar-refractivity contribution is 5.92. The van der Waals surface area contributed by atoms with Gasteiger partial charge in [-0.2, -0.15) is 13.2 Å². The number of hydrogen-bond donors (Lipinski definition) is 2. The van der Waals surface area contributed by atoms with Crippen LogP contribution in [0.5, 0.6) is 0 Å². The van der Waals surface area contributed by atoms with Crippen molar-refractivity contribution in [3.8, 4) is 5.82 Å². The highest BCUT2D eigenvalue weighted by atomic mass is 19.4. The number of piperidine rings is 1. The fraction of sp³-hybridized carbons (Fsp3) is 0.429. The van der Waals surface area contributed by atoms with Gasteiger partial charge in [0.05, 0.1) is 11.8 Å². The average molecular weight is 340 g/mol. The highest BCUT2D eigenvalue weighted by Crippen LogP contribution is 2.28. The average Bonchev–Trinajstić information content (AvgIpc) is 3.05. The van der Waals surface area contributed by atoms with Gasteiger partial charge >= 0.3 is 6.18 Å². The van der Waals surface area contributed by atoms with Crippen molar-refractivity contribution < 1.29 is 18.0 Å². The summed E-state index contributed by atoms with van der Waals surface area (Å²) in [6.45, 7) is 1.68. The van der Waals surface area contributed by atoms with Gasteiger partial charge in [-0.1, -0.05) is 5.21 Å². The summed E-state index contributed by atoms with van der Waals surface area (Å²) in [6, 6.07) is 2.15. The molecule has 3 heterocycles. The minimum absolute atomic E-state index is 0.0769. The minimum Gasteiger partial charge on any atom is -0.348 e. The number of nitrogens with zero attached hydrogens (tertiary/aromatic N) is 4. The Labute approximate surface area is 135 Å². The van der Waals surface area contributed by atoms with Gasteiger partial charge in [0.2, 0.25) is 0 Å². The minimum atomic E-state index is -4.45. The normalized spacial score (nSPS) is 16.1. The van der Waals surface area contributed by atoms with Crippen molar-refractivity contribution in [3.05, 3.63) is 35.8 Å². The quantitative estimate of drug-likeness (QED) is 0.876. The van der Waals surface area contributed by atoms with E-state index in [4.69, 9.17) is 0 Å². The zero-order valence-electron chi connectivity index (χ0n) is 12.5. The Morgan fingerprint density at radius 2 is 2.04 bits per heavy atom. The van der Waals surface area contributed by atoms with Crippen LogP contribution < -0.4 is 10.6 Å². The molecule has 0 radical (unpaired) electrons. The van der Waals surface area contributed by atoms with Gasteiger partial charge in [0, 0.05) is 12.2 Å². The Balaban J connectivity index is 1.69. The lowest BCUT2D eigenvalue weighted by atomic mass is 10.1. The predicted molar refractivity (Wildman–Crippen MR) is 77.5 cm³/mol. The molecule has 0 atom stereocenters. The molecule has 2 aromatic rings. The van der Waals surface area contributed by atoms with E-state index in [2.05, 4.69) is 25.9 Å². The summed E-state index contributed by atoms with van der Waals surface area (Å²) in [4.78, 5) is 15.8. The second-order valence-electron chi connectivity index (χ2n) is 5.45. The van der Waals surface area contributed by atoms with Crippen molar-refractivity contribution >= 4 is 5.91 Å². The van der Waals surface area contributed by atoms with Gasteiger partial charge in [-0.3, -0.25) is 4.79 Å². The van der Waals surface area contributed by atoms with Crippen LogP contribution in [0.3, 0.4) is 0 Å². The molecule has 128 valence electrons. The molecule has 1 amide bonds. The van der Waals surface area contributed by atoms with E-state index in [1.54, 1.807) is 0 Å². The molecule has 10 heteroatoms. The van der Waals surface area contributed by atoms with Crippen LogP contribution in [0.25, 0.3) is 5.82 Å². The van der Waals surface area contributed by atoms with Crippen LogP contribution in [0.15, 0.2) is 24.5 Å². The molecular formula is C14H15F3N6O. The second kappa shape index (κ2) is 6.56. The van der Waals surface area contributed by atoms with E-state index >= 15 is 0 Å². The first-order valence-electron chi connectivity index (χ1n) is 7.41. The molecule has 24 heavy (non-hydrogen) atoms. The van der Waals surface area contributed by atoms with E-state index in [-0.39, 0.29) is 23.5 Å². The SMILES string of the molecule is O=C(NC1CCNCC1)c1cn(-c2ccc(C(F)(F)F)cn2)nn1. The smallest absolute Gasteiger partial charge is 0.348 e. The Hall–Kier alpha value is -2.49. The van der Waals surface area contributed by atoms with E-state index in [0.29, 0.717) is 6.20 Å². The molecule has 2 N–H and O–H groups in total. The number of amides is 1. The van der Waals surface area contributed by atoms with Crippen molar-refractivity contribution in [1.82, 2.24) is 30.6 Å². The van der Waals surface area contributed by atoms with E-state index < -0.39 is 11.7 Å². The third-order valence-corrected chi connectivity index (χ3v) is 3.71. The molecule has 0 unspecified atom stereocenters. The zero-order valence-corrected chi connectivity index (χ0v) is 12.5. The number of alkyl halides is 3. The molecule has 0 aliphatic carbocycles. The first kappa shape index (κ1) is 16.4. The molecule has 1 aliphatic heterocycles. The lowest BCUT2D eigenvalue weighted by Gasteiger charge is -2.23. The summed E-state index contributed by atoms with van der Waals surface area (Å²) >= 11 is 0. The van der Waals surface area contributed by atoms with Crippen molar-refractivity contribution in [3.63, 3.8) is 0 Å². The van der Waals surface area contributed by atoms with Crippen LogP contribution in [0.1, 0.15) is 28.9 Å². The summed E-state index contributed by atoms with van der Waals surface area (Å²) < 4.78 is 38.7. The maximum absolute atomic E-state index is 12.5. The zero-order chi connectivity index (χ0) is 17.2. The van der Waals surface area contributed by atoms with Gasteiger partial charge < -0.3 is 10.6 Å². The summed E-state index contributed by atoms with van der Waals surface area (Å²) in [5.41, 5.74) is -0.759. The van der Waals surface area contributed by atoms with Crippen LogP contribution in [-0.4, -0.2) is 45.0 Å². The van der Waals surface area contributed by atoms with Crippen LogP contribution in [0, 0.1) is 0 Å². The van der Waals surface area contributed by atoms with Crippen LogP contribution in [-0.2, 0) is 6.18 Å². The molecule has 2 aromatic heterocycles. The lowest BCUT2D eigenvalue weighted by molar-refractivity contribution is -0.137. The second-order valence-corrected chi connectivity index (χ2v) is 5.45. The van der Waals surface area contributed by atoms with Gasteiger partial charge in [0.25, 0.3) is 5.91 Å². The van der Waals surface area contributed by atoms with E-state index in [1.807, 2.05) is 0 Å². The molecule has 7 nitrogen and oxygen atoms in total. The maximum atomic E-state index is 12.5. The molecule has 0 spiro atoms.